The van der Waals surface area contributed by atoms with Crippen molar-refractivity contribution in [3.63, 3.8) is 0 Å². The Hall–Kier alpha value is -1.60. The van der Waals surface area contributed by atoms with Crippen LogP contribution in [-0.2, 0) is 16.1 Å². The van der Waals surface area contributed by atoms with Gasteiger partial charge in [-0.2, -0.15) is 0 Å². The molecule has 1 aromatic carbocycles. The van der Waals surface area contributed by atoms with Gasteiger partial charge in [-0.3, -0.25) is 14.5 Å². The van der Waals surface area contributed by atoms with Crippen LogP contribution in [0.5, 0.6) is 0 Å². The molecule has 0 aliphatic heterocycles. The first-order chi connectivity index (χ1) is 12.3. The first kappa shape index (κ1) is 20.7. The van der Waals surface area contributed by atoms with Gasteiger partial charge in [0.2, 0.25) is 11.8 Å². The lowest BCUT2D eigenvalue weighted by Gasteiger charge is -2.21. The van der Waals surface area contributed by atoms with Gasteiger partial charge < -0.3 is 10.2 Å². The molecular weight excluding hydrogens is 393 g/mol. The molecule has 8 heteroatoms. The number of carbonyl (C=O) groups excluding carboxylic acids is 2. The smallest absolute Gasteiger partial charge is 0.238 e. The Morgan fingerprint density at radius 3 is 2.46 bits per heavy atom. The molecule has 0 saturated carbocycles. The lowest BCUT2D eigenvalue weighted by molar-refractivity contribution is -0.131. The minimum absolute atomic E-state index is 0.0392. The van der Waals surface area contributed by atoms with Crippen LogP contribution in [0.1, 0.15) is 10.4 Å². The number of anilines is 1. The second-order valence-corrected chi connectivity index (χ2v) is 7.94. The van der Waals surface area contributed by atoms with Crippen molar-refractivity contribution in [2.75, 3.05) is 32.5 Å². The Labute approximate surface area is 167 Å². The molecule has 0 aliphatic rings. The third-order valence-electron chi connectivity index (χ3n) is 3.80. The van der Waals surface area contributed by atoms with Crippen LogP contribution in [0.25, 0.3) is 0 Å². The summed E-state index contributed by atoms with van der Waals surface area (Å²) in [4.78, 5) is 29.0. The molecular formula is C18H21Cl2N3O2S. The summed E-state index contributed by atoms with van der Waals surface area (Å²) in [6, 6.07) is 6.92. The van der Waals surface area contributed by atoms with Crippen LogP contribution in [0.2, 0.25) is 10.0 Å². The number of thiophene rings is 1. The van der Waals surface area contributed by atoms with Crippen molar-refractivity contribution < 1.29 is 9.59 Å². The van der Waals surface area contributed by atoms with Crippen molar-refractivity contribution >= 4 is 52.0 Å². The molecule has 0 fully saturated rings. The molecule has 0 unspecified atom stereocenters. The van der Waals surface area contributed by atoms with E-state index in [2.05, 4.69) is 5.32 Å². The molecule has 1 heterocycles. The molecule has 0 saturated heterocycles. The van der Waals surface area contributed by atoms with Gasteiger partial charge in [-0.25, -0.2) is 0 Å². The minimum Gasteiger partial charge on any atom is -0.339 e. The zero-order chi connectivity index (χ0) is 19.3. The molecule has 0 aliphatic carbocycles. The number of hydrogen-bond donors (Lipinski definition) is 1. The highest BCUT2D eigenvalue weighted by Crippen LogP contribution is 2.25. The Morgan fingerprint density at radius 2 is 1.85 bits per heavy atom. The number of aryl methyl sites for hydroxylation is 1. The molecule has 5 nitrogen and oxygen atoms in total. The number of carbonyl (C=O) groups is 2. The Bertz CT molecular complexity index is 794. The van der Waals surface area contributed by atoms with E-state index >= 15 is 0 Å². The molecule has 1 aromatic heterocycles. The van der Waals surface area contributed by atoms with E-state index in [1.54, 1.807) is 53.4 Å². The average molecular weight is 414 g/mol. The van der Waals surface area contributed by atoms with E-state index in [9.17, 15) is 9.59 Å². The first-order valence-corrected chi connectivity index (χ1v) is 9.60. The van der Waals surface area contributed by atoms with Crippen molar-refractivity contribution in [3.8, 4) is 0 Å². The number of nitrogens with one attached hydrogen (secondary N) is 1. The van der Waals surface area contributed by atoms with Crippen LogP contribution in [0.15, 0.2) is 29.6 Å². The molecule has 140 valence electrons. The van der Waals surface area contributed by atoms with E-state index in [-0.39, 0.29) is 24.9 Å². The third kappa shape index (κ3) is 5.99. The van der Waals surface area contributed by atoms with Crippen LogP contribution >= 0.6 is 34.5 Å². The molecule has 2 rings (SSSR count). The fourth-order valence-corrected chi connectivity index (χ4v) is 3.55. The summed E-state index contributed by atoms with van der Waals surface area (Å²) in [5.41, 5.74) is 1.75. The van der Waals surface area contributed by atoms with Gasteiger partial charge in [0.15, 0.2) is 0 Å². The highest BCUT2D eigenvalue weighted by molar-refractivity contribution is 7.10. The predicted octanol–water partition coefficient (Wildman–Crippen LogP) is 3.89. The van der Waals surface area contributed by atoms with E-state index in [1.165, 1.54) is 10.4 Å². The van der Waals surface area contributed by atoms with Gasteiger partial charge in [-0.05, 0) is 49.2 Å². The lowest BCUT2D eigenvalue weighted by atomic mass is 10.3. The van der Waals surface area contributed by atoms with Crippen molar-refractivity contribution in [3.05, 3.63) is 50.1 Å². The second kappa shape index (κ2) is 9.37. The topological polar surface area (TPSA) is 52.7 Å². The van der Waals surface area contributed by atoms with Gasteiger partial charge in [-0.1, -0.05) is 23.2 Å². The summed E-state index contributed by atoms with van der Waals surface area (Å²) in [7, 11) is 3.50. The largest absolute Gasteiger partial charge is 0.339 e. The quantitative estimate of drug-likeness (QED) is 0.748. The first-order valence-electron chi connectivity index (χ1n) is 7.96. The van der Waals surface area contributed by atoms with Crippen molar-refractivity contribution in [2.45, 2.75) is 13.5 Å². The molecule has 26 heavy (non-hydrogen) atoms. The van der Waals surface area contributed by atoms with E-state index in [1.807, 2.05) is 18.4 Å². The zero-order valence-corrected chi connectivity index (χ0v) is 17.2. The van der Waals surface area contributed by atoms with Crippen molar-refractivity contribution in [1.29, 1.82) is 0 Å². The van der Waals surface area contributed by atoms with E-state index < -0.39 is 0 Å². The van der Waals surface area contributed by atoms with E-state index in [0.717, 1.165) is 0 Å². The van der Waals surface area contributed by atoms with Crippen LogP contribution in [0.3, 0.4) is 0 Å². The molecule has 0 radical (unpaired) electrons. The zero-order valence-electron chi connectivity index (χ0n) is 14.9. The van der Waals surface area contributed by atoms with Crippen LogP contribution < -0.4 is 5.32 Å². The van der Waals surface area contributed by atoms with Gasteiger partial charge in [0.25, 0.3) is 0 Å². The number of rotatable bonds is 7. The number of hydrogen-bond acceptors (Lipinski definition) is 4. The number of benzene rings is 1. The van der Waals surface area contributed by atoms with E-state index in [4.69, 9.17) is 23.2 Å². The van der Waals surface area contributed by atoms with Gasteiger partial charge in [0, 0.05) is 17.6 Å². The summed E-state index contributed by atoms with van der Waals surface area (Å²) < 4.78 is 0. The normalized spacial score (nSPS) is 10.8. The van der Waals surface area contributed by atoms with Crippen molar-refractivity contribution in [1.82, 2.24) is 9.80 Å². The van der Waals surface area contributed by atoms with Crippen LogP contribution in [0.4, 0.5) is 5.69 Å². The summed E-state index contributed by atoms with van der Waals surface area (Å²) in [5, 5.41) is 5.56. The number of likely N-dealkylation sites (N-methyl/N-ethyl adjacent to an activating group) is 2. The molecule has 0 atom stereocenters. The number of halogens is 2. The summed E-state index contributed by atoms with van der Waals surface area (Å²) in [5.74, 6) is -0.266. The molecule has 2 amide bonds. The fourth-order valence-electron chi connectivity index (χ4n) is 2.30. The van der Waals surface area contributed by atoms with Gasteiger partial charge in [0.1, 0.15) is 0 Å². The summed E-state index contributed by atoms with van der Waals surface area (Å²) in [6.07, 6.45) is 0. The number of nitrogens with zero attached hydrogens (tertiary/aromatic N) is 2. The molecule has 2 aromatic rings. The minimum atomic E-state index is -0.226. The fraction of sp³-hybridized carbons (Fsp3) is 0.333. The Morgan fingerprint density at radius 1 is 1.12 bits per heavy atom. The molecule has 0 spiro atoms. The van der Waals surface area contributed by atoms with Gasteiger partial charge >= 0.3 is 0 Å². The SMILES string of the molecule is Cc1ccsc1CN(C)C(=O)CN(C)CC(=O)Nc1ccc(Cl)c(Cl)c1. The van der Waals surface area contributed by atoms with Crippen LogP contribution in [0, 0.1) is 6.92 Å². The Balaban J connectivity index is 1.82. The highest BCUT2D eigenvalue weighted by atomic mass is 35.5. The number of amides is 2. The van der Waals surface area contributed by atoms with Crippen molar-refractivity contribution in [2.24, 2.45) is 0 Å². The highest BCUT2D eigenvalue weighted by Gasteiger charge is 2.16. The summed E-state index contributed by atoms with van der Waals surface area (Å²) >= 11 is 13.4. The monoisotopic (exact) mass is 413 g/mol. The standard InChI is InChI=1S/C18H21Cl2N3O2S/c1-12-6-7-26-16(12)9-23(3)18(25)11-22(2)10-17(24)21-13-4-5-14(19)15(20)8-13/h4-8H,9-11H2,1-3H3,(H,21,24). The Kier molecular flexibility index (Phi) is 7.46. The summed E-state index contributed by atoms with van der Waals surface area (Å²) in [6.45, 7) is 2.86. The predicted molar refractivity (Wildman–Crippen MR) is 108 cm³/mol. The van der Waals surface area contributed by atoms with Crippen LogP contribution in [-0.4, -0.2) is 48.8 Å². The van der Waals surface area contributed by atoms with Gasteiger partial charge in [0.05, 0.1) is 29.7 Å². The third-order valence-corrected chi connectivity index (χ3v) is 5.54. The second-order valence-electron chi connectivity index (χ2n) is 6.13. The lowest BCUT2D eigenvalue weighted by Crippen LogP contribution is -2.39. The molecule has 0 bridgehead atoms. The maximum atomic E-state index is 12.3. The van der Waals surface area contributed by atoms with E-state index in [0.29, 0.717) is 22.3 Å². The maximum Gasteiger partial charge on any atom is 0.238 e. The molecule has 1 N–H and O–H groups in total. The van der Waals surface area contributed by atoms with Gasteiger partial charge in [-0.15, -0.1) is 11.3 Å². The maximum absolute atomic E-state index is 12.3. The average Bonchev–Trinajstić information content (AvgIpc) is 2.95.